The molecule has 0 spiro atoms. The second kappa shape index (κ2) is 7.41. The lowest BCUT2D eigenvalue weighted by Gasteiger charge is -2.18. The second-order valence-corrected chi connectivity index (χ2v) is 5.39. The molecule has 1 N–H and O–H groups in total. The van der Waals surface area contributed by atoms with E-state index in [1.807, 2.05) is 17.9 Å². The van der Waals surface area contributed by atoms with Crippen LogP contribution in [0.3, 0.4) is 0 Å². The van der Waals surface area contributed by atoms with Gasteiger partial charge in [0.25, 0.3) is 0 Å². The van der Waals surface area contributed by atoms with Crippen molar-refractivity contribution >= 4 is 0 Å². The highest BCUT2D eigenvalue weighted by atomic mass is 15.3. The van der Waals surface area contributed by atoms with Gasteiger partial charge in [0.2, 0.25) is 0 Å². The minimum Gasteiger partial charge on any atom is -0.335 e. The van der Waals surface area contributed by atoms with Crippen LogP contribution in [-0.4, -0.2) is 25.9 Å². The van der Waals surface area contributed by atoms with Gasteiger partial charge in [-0.15, -0.1) is 0 Å². The molecule has 2 heterocycles. The molecule has 0 saturated heterocycles. The molecule has 2 aromatic heterocycles. The van der Waals surface area contributed by atoms with Crippen molar-refractivity contribution < 1.29 is 0 Å². The van der Waals surface area contributed by atoms with Gasteiger partial charge < -0.3 is 9.88 Å². The fourth-order valence-corrected chi connectivity index (χ4v) is 2.73. The van der Waals surface area contributed by atoms with Crippen LogP contribution in [0.25, 0.3) is 0 Å². The minimum atomic E-state index is 0.255. The zero-order valence-corrected chi connectivity index (χ0v) is 13.6. The number of hydrogen-bond donors (Lipinski definition) is 1. The van der Waals surface area contributed by atoms with Crippen LogP contribution in [0.1, 0.15) is 50.4 Å². The van der Waals surface area contributed by atoms with E-state index in [9.17, 15) is 0 Å². The largest absolute Gasteiger partial charge is 0.335 e. The lowest BCUT2D eigenvalue weighted by Crippen LogP contribution is -2.26. The van der Waals surface area contributed by atoms with E-state index < -0.39 is 0 Å². The van der Waals surface area contributed by atoms with Gasteiger partial charge in [-0.2, -0.15) is 5.10 Å². The topological polar surface area (TPSA) is 47.7 Å². The van der Waals surface area contributed by atoms with E-state index in [1.165, 1.54) is 5.69 Å². The molecule has 0 fully saturated rings. The smallest absolute Gasteiger partial charge is 0.110 e. The molecule has 0 radical (unpaired) electrons. The maximum absolute atomic E-state index is 4.57. The van der Waals surface area contributed by atoms with E-state index in [-0.39, 0.29) is 6.04 Å². The molecule has 0 amide bonds. The van der Waals surface area contributed by atoms with E-state index in [1.54, 1.807) is 0 Å². The van der Waals surface area contributed by atoms with Gasteiger partial charge in [0.05, 0.1) is 17.4 Å². The van der Waals surface area contributed by atoms with Crippen molar-refractivity contribution in [3.8, 4) is 0 Å². The summed E-state index contributed by atoms with van der Waals surface area (Å²) in [6, 6.07) is 2.46. The fraction of sp³-hybridized carbons (Fsp3) is 0.625. The molecule has 0 aliphatic rings. The third-order valence-corrected chi connectivity index (χ3v) is 3.79. The first-order valence-electron chi connectivity index (χ1n) is 7.95. The molecule has 0 aromatic carbocycles. The van der Waals surface area contributed by atoms with Crippen molar-refractivity contribution in [3.05, 3.63) is 35.7 Å². The SMILES string of the molecule is CCCn1ccnc1CC(NCC)c1cc(CC)nn1C. The number of hydrogen-bond acceptors (Lipinski definition) is 3. The predicted molar refractivity (Wildman–Crippen MR) is 85.2 cm³/mol. The van der Waals surface area contributed by atoms with Crippen molar-refractivity contribution in [3.63, 3.8) is 0 Å². The predicted octanol–water partition coefficient (Wildman–Crippen LogP) is 2.48. The number of imidazole rings is 1. The summed E-state index contributed by atoms with van der Waals surface area (Å²) >= 11 is 0. The van der Waals surface area contributed by atoms with Crippen molar-refractivity contribution in [2.45, 2.75) is 52.6 Å². The highest BCUT2D eigenvalue weighted by Crippen LogP contribution is 2.19. The zero-order valence-electron chi connectivity index (χ0n) is 13.6. The Morgan fingerprint density at radius 1 is 1.29 bits per heavy atom. The number of rotatable bonds is 8. The quantitative estimate of drug-likeness (QED) is 0.812. The molecule has 2 rings (SSSR count). The van der Waals surface area contributed by atoms with Crippen molar-refractivity contribution in [1.29, 1.82) is 0 Å². The summed E-state index contributed by atoms with van der Waals surface area (Å²) in [6.45, 7) is 8.44. The number of nitrogens with one attached hydrogen (secondary N) is 1. The molecule has 116 valence electrons. The molecule has 2 aromatic rings. The first kappa shape index (κ1) is 15.8. The Labute approximate surface area is 127 Å². The van der Waals surface area contributed by atoms with Gasteiger partial charge in [-0.05, 0) is 25.5 Å². The Balaban J connectivity index is 2.22. The Morgan fingerprint density at radius 3 is 2.71 bits per heavy atom. The molecule has 5 nitrogen and oxygen atoms in total. The van der Waals surface area contributed by atoms with Crippen molar-refractivity contribution in [2.24, 2.45) is 7.05 Å². The van der Waals surface area contributed by atoms with Crippen LogP contribution < -0.4 is 5.32 Å². The fourth-order valence-electron chi connectivity index (χ4n) is 2.73. The Kier molecular flexibility index (Phi) is 5.56. The molecule has 21 heavy (non-hydrogen) atoms. The van der Waals surface area contributed by atoms with Gasteiger partial charge in [-0.3, -0.25) is 4.68 Å². The summed E-state index contributed by atoms with van der Waals surface area (Å²) < 4.78 is 4.25. The van der Waals surface area contributed by atoms with E-state index >= 15 is 0 Å². The molecular formula is C16H27N5. The summed E-state index contributed by atoms with van der Waals surface area (Å²) in [5.41, 5.74) is 2.38. The first-order valence-corrected chi connectivity index (χ1v) is 7.95. The number of likely N-dealkylation sites (N-methyl/N-ethyl adjacent to an activating group) is 1. The van der Waals surface area contributed by atoms with Gasteiger partial charge in [-0.25, -0.2) is 4.98 Å². The Bertz CT molecular complexity index is 555. The molecule has 0 aliphatic heterocycles. The van der Waals surface area contributed by atoms with Gasteiger partial charge >= 0.3 is 0 Å². The summed E-state index contributed by atoms with van der Waals surface area (Å²) in [4.78, 5) is 4.53. The van der Waals surface area contributed by atoms with Gasteiger partial charge in [-0.1, -0.05) is 20.8 Å². The maximum atomic E-state index is 4.57. The van der Waals surface area contributed by atoms with Crippen LogP contribution in [0, 0.1) is 0 Å². The highest BCUT2D eigenvalue weighted by molar-refractivity contribution is 5.16. The third kappa shape index (κ3) is 3.73. The zero-order chi connectivity index (χ0) is 15.2. The average Bonchev–Trinajstić information content (AvgIpc) is 3.05. The number of aromatic nitrogens is 4. The van der Waals surface area contributed by atoms with E-state index in [0.29, 0.717) is 0 Å². The van der Waals surface area contributed by atoms with Crippen LogP contribution in [0.15, 0.2) is 18.5 Å². The Hall–Kier alpha value is -1.62. The normalized spacial score (nSPS) is 12.8. The number of nitrogens with zero attached hydrogens (tertiary/aromatic N) is 4. The van der Waals surface area contributed by atoms with Gasteiger partial charge in [0, 0.05) is 32.4 Å². The molecule has 1 unspecified atom stereocenters. The first-order chi connectivity index (χ1) is 10.2. The molecule has 1 atom stereocenters. The Morgan fingerprint density at radius 2 is 2.10 bits per heavy atom. The lowest BCUT2D eigenvalue weighted by molar-refractivity contribution is 0.484. The summed E-state index contributed by atoms with van der Waals surface area (Å²) in [6.07, 6.45) is 6.96. The van der Waals surface area contributed by atoms with Gasteiger partial charge in [0.1, 0.15) is 5.82 Å². The van der Waals surface area contributed by atoms with Crippen LogP contribution in [0.4, 0.5) is 0 Å². The molecule has 0 aliphatic carbocycles. The molecule has 5 heteroatoms. The standard InChI is InChI=1S/C16H27N5/c1-5-9-21-10-8-18-16(21)12-14(17-7-3)15-11-13(6-2)19-20(15)4/h8,10-11,14,17H,5-7,9,12H2,1-4H3. The molecule has 0 bridgehead atoms. The van der Waals surface area contributed by atoms with Crippen LogP contribution in [-0.2, 0) is 26.4 Å². The summed E-state index contributed by atoms with van der Waals surface area (Å²) in [5, 5.41) is 8.14. The van der Waals surface area contributed by atoms with Crippen LogP contribution in [0.5, 0.6) is 0 Å². The number of aryl methyl sites for hydroxylation is 3. The van der Waals surface area contributed by atoms with Crippen LogP contribution >= 0.6 is 0 Å². The average molecular weight is 289 g/mol. The van der Waals surface area contributed by atoms with Gasteiger partial charge in [0.15, 0.2) is 0 Å². The van der Waals surface area contributed by atoms with Crippen molar-refractivity contribution in [1.82, 2.24) is 24.6 Å². The monoisotopic (exact) mass is 289 g/mol. The lowest BCUT2D eigenvalue weighted by atomic mass is 10.1. The molecule has 0 saturated carbocycles. The summed E-state index contributed by atoms with van der Waals surface area (Å²) in [7, 11) is 2.03. The maximum Gasteiger partial charge on any atom is 0.110 e. The van der Waals surface area contributed by atoms with E-state index in [0.717, 1.165) is 43.9 Å². The minimum absolute atomic E-state index is 0.255. The summed E-state index contributed by atoms with van der Waals surface area (Å²) in [5.74, 6) is 1.14. The van der Waals surface area contributed by atoms with Crippen molar-refractivity contribution in [2.75, 3.05) is 6.54 Å². The van der Waals surface area contributed by atoms with Crippen LogP contribution in [0.2, 0.25) is 0 Å². The highest BCUT2D eigenvalue weighted by Gasteiger charge is 2.18. The molecular weight excluding hydrogens is 262 g/mol. The third-order valence-electron chi connectivity index (χ3n) is 3.79. The van der Waals surface area contributed by atoms with E-state index in [2.05, 4.69) is 53.0 Å². The van der Waals surface area contributed by atoms with E-state index in [4.69, 9.17) is 0 Å². The second-order valence-electron chi connectivity index (χ2n) is 5.39.